The molecular weight excluding hydrogens is 343 g/mol. The lowest BCUT2D eigenvalue weighted by Gasteiger charge is -2.02. The summed E-state index contributed by atoms with van der Waals surface area (Å²) in [5.41, 5.74) is 0.868. The van der Waals surface area contributed by atoms with Gasteiger partial charge in [-0.2, -0.15) is 0 Å². The number of hydrogen-bond donors (Lipinski definition) is 0. The summed E-state index contributed by atoms with van der Waals surface area (Å²) in [6.07, 6.45) is 1.34. The summed E-state index contributed by atoms with van der Waals surface area (Å²) in [5.74, 6) is -0.394. The third kappa shape index (κ3) is 4.35. The smallest absolute Gasteiger partial charge is 0.270 e. The monoisotopic (exact) mass is 352 g/mol. The van der Waals surface area contributed by atoms with E-state index in [4.69, 9.17) is 4.84 Å². The van der Waals surface area contributed by atoms with Crippen LogP contribution in [0.25, 0.3) is 0 Å². The maximum absolute atomic E-state index is 13.5. The molecule has 0 fully saturated rings. The molecule has 2 rings (SSSR count). The van der Waals surface area contributed by atoms with Crippen molar-refractivity contribution in [1.82, 2.24) is 0 Å². The molecule has 0 saturated heterocycles. The Bertz CT molecular complexity index is 692. The van der Waals surface area contributed by atoms with Crippen molar-refractivity contribution in [1.29, 1.82) is 0 Å². The van der Waals surface area contributed by atoms with Crippen LogP contribution in [0.4, 0.5) is 10.1 Å². The van der Waals surface area contributed by atoms with E-state index in [1.165, 1.54) is 24.4 Å². The second kappa shape index (κ2) is 6.94. The molecule has 0 unspecified atom stereocenters. The van der Waals surface area contributed by atoms with Crippen molar-refractivity contribution < 1.29 is 14.2 Å². The van der Waals surface area contributed by atoms with E-state index in [1.807, 2.05) is 0 Å². The molecule has 0 aliphatic heterocycles. The first-order valence-electron chi connectivity index (χ1n) is 5.90. The highest BCUT2D eigenvalue weighted by Gasteiger charge is 2.05. The van der Waals surface area contributed by atoms with Crippen LogP contribution in [-0.2, 0) is 11.4 Å². The number of rotatable bonds is 5. The van der Waals surface area contributed by atoms with Crippen molar-refractivity contribution in [3.63, 3.8) is 0 Å². The van der Waals surface area contributed by atoms with Crippen molar-refractivity contribution in [2.75, 3.05) is 0 Å². The Morgan fingerprint density at radius 3 is 2.86 bits per heavy atom. The molecule has 0 amide bonds. The zero-order chi connectivity index (χ0) is 15.2. The number of nitro groups is 1. The molecule has 21 heavy (non-hydrogen) atoms. The standard InChI is InChI=1S/C14H10BrFN2O3/c15-12-5-4-11(14(16)7-12)9-21-17-8-10-2-1-3-13(6-10)18(19)20/h1-8H,9H2/b17-8+. The van der Waals surface area contributed by atoms with Crippen LogP contribution in [0.3, 0.4) is 0 Å². The first kappa shape index (κ1) is 15.1. The fourth-order valence-corrected chi connectivity index (χ4v) is 1.90. The second-order valence-corrected chi connectivity index (χ2v) is 5.01. The summed E-state index contributed by atoms with van der Waals surface area (Å²) >= 11 is 3.16. The molecule has 0 saturated carbocycles. The minimum absolute atomic E-state index is 0.0233. The van der Waals surface area contributed by atoms with E-state index >= 15 is 0 Å². The molecule has 0 heterocycles. The number of nitro benzene ring substituents is 1. The van der Waals surface area contributed by atoms with Crippen LogP contribution in [0.1, 0.15) is 11.1 Å². The molecule has 0 aromatic heterocycles. The van der Waals surface area contributed by atoms with E-state index in [0.717, 1.165) is 0 Å². The van der Waals surface area contributed by atoms with E-state index in [-0.39, 0.29) is 12.3 Å². The second-order valence-electron chi connectivity index (χ2n) is 4.10. The van der Waals surface area contributed by atoms with Crippen LogP contribution in [-0.4, -0.2) is 11.1 Å². The largest absolute Gasteiger partial charge is 0.391 e. The molecule has 0 spiro atoms. The van der Waals surface area contributed by atoms with E-state index < -0.39 is 10.7 Å². The fraction of sp³-hybridized carbons (Fsp3) is 0.0714. The third-order valence-electron chi connectivity index (χ3n) is 2.59. The summed E-state index contributed by atoms with van der Waals surface area (Å²) < 4.78 is 14.1. The highest BCUT2D eigenvalue weighted by atomic mass is 79.9. The lowest BCUT2D eigenvalue weighted by Crippen LogP contribution is -1.93. The summed E-state index contributed by atoms with van der Waals surface area (Å²) in [4.78, 5) is 15.1. The third-order valence-corrected chi connectivity index (χ3v) is 3.09. The predicted molar refractivity (Wildman–Crippen MR) is 79.6 cm³/mol. The Kier molecular flexibility index (Phi) is 4.99. The van der Waals surface area contributed by atoms with Crippen LogP contribution in [0.2, 0.25) is 0 Å². The van der Waals surface area contributed by atoms with Crippen molar-refractivity contribution in [3.8, 4) is 0 Å². The van der Waals surface area contributed by atoms with Crippen LogP contribution in [0.15, 0.2) is 52.1 Å². The molecule has 0 atom stereocenters. The first-order valence-corrected chi connectivity index (χ1v) is 6.69. The maximum Gasteiger partial charge on any atom is 0.270 e. The molecule has 2 aromatic carbocycles. The van der Waals surface area contributed by atoms with E-state index in [0.29, 0.717) is 15.6 Å². The van der Waals surface area contributed by atoms with E-state index in [9.17, 15) is 14.5 Å². The number of oxime groups is 1. The lowest BCUT2D eigenvalue weighted by molar-refractivity contribution is -0.384. The maximum atomic E-state index is 13.5. The number of hydrogen-bond acceptors (Lipinski definition) is 4. The molecule has 7 heteroatoms. The lowest BCUT2D eigenvalue weighted by atomic mass is 10.2. The zero-order valence-electron chi connectivity index (χ0n) is 10.7. The summed E-state index contributed by atoms with van der Waals surface area (Å²) in [7, 11) is 0. The average molecular weight is 353 g/mol. The van der Waals surface area contributed by atoms with Gasteiger partial charge in [0.25, 0.3) is 5.69 Å². The number of non-ortho nitro benzene ring substituents is 1. The Labute approximate surface area is 128 Å². The van der Waals surface area contributed by atoms with E-state index in [1.54, 1.807) is 24.3 Å². The van der Waals surface area contributed by atoms with Gasteiger partial charge < -0.3 is 4.84 Å². The Morgan fingerprint density at radius 2 is 2.14 bits per heavy atom. The topological polar surface area (TPSA) is 64.7 Å². The molecule has 2 aromatic rings. The minimum atomic E-state index is -0.491. The van der Waals surface area contributed by atoms with Crippen molar-refractivity contribution >= 4 is 27.8 Å². The van der Waals surface area contributed by atoms with Gasteiger partial charge >= 0.3 is 0 Å². The van der Waals surface area contributed by atoms with Gasteiger partial charge in [0.1, 0.15) is 12.4 Å². The number of nitrogens with zero attached hydrogens (tertiary/aromatic N) is 2. The molecule has 0 radical (unpaired) electrons. The number of halogens is 2. The van der Waals surface area contributed by atoms with Gasteiger partial charge in [-0.1, -0.05) is 39.3 Å². The van der Waals surface area contributed by atoms with Crippen LogP contribution in [0.5, 0.6) is 0 Å². The van der Waals surface area contributed by atoms with Gasteiger partial charge in [0.05, 0.1) is 11.1 Å². The summed E-state index contributed by atoms with van der Waals surface area (Å²) in [6, 6.07) is 10.6. The van der Waals surface area contributed by atoms with Crippen LogP contribution in [0, 0.1) is 15.9 Å². The normalized spacial score (nSPS) is 10.8. The van der Waals surface area contributed by atoms with Gasteiger partial charge in [-0.15, -0.1) is 0 Å². The molecular formula is C14H10BrFN2O3. The Hall–Kier alpha value is -2.28. The predicted octanol–water partition coefficient (Wildman–Crippen LogP) is 4.05. The molecule has 0 aliphatic rings. The van der Waals surface area contributed by atoms with Crippen molar-refractivity contribution in [3.05, 3.63) is 74.0 Å². The first-order chi connectivity index (χ1) is 10.1. The Morgan fingerprint density at radius 1 is 1.33 bits per heavy atom. The van der Waals surface area contributed by atoms with Gasteiger partial charge in [0, 0.05) is 27.7 Å². The quantitative estimate of drug-likeness (QED) is 0.463. The van der Waals surface area contributed by atoms with E-state index in [2.05, 4.69) is 21.1 Å². The molecule has 108 valence electrons. The minimum Gasteiger partial charge on any atom is -0.391 e. The molecule has 0 N–H and O–H groups in total. The SMILES string of the molecule is O=[N+]([O-])c1cccc(/C=N/OCc2ccc(Br)cc2F)c1. The van der Waals surface area contributed by atoms with Gasteiger partial charge in [0.15, 0.2) is 0 Å². The molecule has 0 aliphatic carbocycles. The highest BCUT2D eigenvalue weighted by Crippen LogP contribution is 2.16. The fourth-order valence-electron chi connectivity index (χ4n) is 1.56. The van der Waals surface area contributed by atoms with Crippen LogP contribution < -0.4 is 0 Å². The average Bonchev–Trinajstić information content (AvgIpc) is 2.45. The van der Waals surface area contributed by atoms with Gasteiger partial charge in [0.2, 0.25) is 0 Å². The number of benzene rings is 2. The summed E-state index contributed by atoms with van der Waals surface area (Å²) in [5, 5.41) is 14.3. The van der Waals surface area contributed by atoms with Gasteiger partial charge in [-0.05, 0) is 12.1 Å². The molecule has 5 nitrogen and oxygen atoms in total. The van der Waals surface area contributed by atoms with Gasteiger partial charge in [-0.25, -0.2) is 4.39 Å². The highest BCUT2D eigenvalue weighted by molar-refractivity contribution is 9.10. The van der Waals surface area contributed by atoms with Gasteiger partial charge in [-0.3, -0.25) is 10.1 Å². The van der Waals surface area contributed by atoms with Crippen molar-refractivity contribution in [2.45, 2.75) is 6.61 Å². The zero-order valence-corrected chi connectivity index (χ0v) is 12.3. The van der Waals surface area contributed by atoms with Crippen LogP contribution >= 0.6 is 15.9 Å². The summed E-state index contributed by atoms with van der Waals surface area (Å²) in [6.45, 7) is -0.0233. The molecule has 0 bridgehead atoms. The Balaban J connectivity index is 1.96. The van der Waals surface area contributed by atoms with Crippen molar-refractivity contribution in [2.24, 2.45) is 5.16 Å².